The summed E-state index contributed by atoms with van der Waals surface area (Å²) < 4.78 is 1.08. The number of hydrogen-bond acceptors (Lipinski definition) is 1. The molecule has 3 nitrogen and oxygen atoms in total. The Bertz CT molecular complexity index is 438. The molecule has 0 spiro atoms. The Morgan fingerprint density at radius 1 is 1.53 bits per heavy atom. The minimum atomic E-state index is 0.454. The van der Waals surface area contributed by atoms with Crippen LogP contribution in [0.4, 0.5) is 0 Å². The first kappa shape index (κ1) is 13.8. The first-order valence-electron chi connectivity index (χ1n) is 5.42. The normalized spacial score (nSPS) is 11.4. The van der Waals surface area contributed by atoms with Crippen molar-refractivity contribution in [3.63, 3.8) is 0 Å². The summed E-state index contributed by atoms with van der Waals surface area (Å²) in [6.07, 6.45) is 0. The van der Waals surface area contributed by atoms with Crippen molar-refractivity contribution in [1.29, 1.82) is 0 Å². The maximum Gasteiger partial charge on any atom is 0.189 e. The number of rotatable bonds is 4. The molecule has 0 fully saturated rings. The van der Waals surface area contributed by atoms with Crippen molar-refractivity contribution in [3.8, 4) is 0 Å². The Balaban J connectivity index is 2.59. The third-order valence-corrected chi connectivity index (χ3v) is 2.79. The molecule has 0 amide bonds. The Labute approximate surface area is 111 Å². The molecule has 1 aromatic carbocycles. The molecule has 0 saturated heterocycles. The van der Waals surface area contributed by atoms with Crippen molar-refractivity contribution in [3.05, 3.63) is 46.0 Å². The molecule has 0 aromatic heterocycles. The van der Waals surface area contributed by atoms with Gasteiger partial charge in [-0.2, -0.15) is 0 Å². The Hall–Kier alpha value is -1.29. The van der Waals surface area contributed by atoms with Gasteiger partial charge in [-0.15, -0.1) is 0 Å². The topological polar surface area (TPSA) is 50.4 Å². The van der Waals surface area contributed by atoms with Gasteiger partial charge >= 0.3 is 0 Å². The minimum absolute atomic E-state index is 0.454. The van der Waals surface area contributed by atoms with Crippen LogP contribution in [0.5, 0.6) is 0 Å². The van der Waals surface area contributed by atoms with Crippen molar-refractivity contribution >= 4 is 21.9 Å². The van der Waals surface area contributed by atoms with Crippen LogP contribution in [0.1, 0.15) is 18.1 Å². The highest BCUT2D eigenvalue weighted by atomic mass is 79.9. The second-order valence-corrected chi connectivity index (χ2v) is 5.00. The molecule has 1 aromatic rings. The zero-order valence-electron chi connectivity index (χ0n) is 10.3. The van der Waals surface area contributed by atoms with Gasteiger partial charge in [0, 0.05) is 11.0 Å². The Kier molecular flexibility index (Phi) is 5.22. The van der Waals surface area contributed by atoms with Gasteiger partial charge in [0.15, 0.2) is 5.96 Å². The summed E-state index contributed by atoms with van der Waals surface area (Å²) in [5, 5.41) is 3.00. The number of guanidine groups is 1. The maximum atomic E-state index is 5.74. The number of nitrogens with zero attached hydrogens (tertiary/aromatic N) is 1. The predicted molar refractivity (Wildman–Crippen MR) is 77.0 cm³/mol. The molecule has 0 radical (unpaired) electrons. The van der Waals surface area contributed by atoms with E-state index in [0.717, 1.165) is 10.0 Å². The lowest BCUT2D eigenvalue weighted by molar-refractivity contribution is 0.937. The van der Waals surface area contributed by atoms with Crippen LogP contribution in [0.3, 0.4) is 0 Å². The summed E-state index contributed by atoms with van der Waals surface area (Å²) >= 11 is 3.43. The summed E-state index contributed by atoms with van der Waals surface area (Å²) in [6.45, 7) is 9.05. The SMILES string of the molecule is C=C(C)CNC(N)=NCc1ccc(Br)cc1C. The third-order valence-electron chi connectivity index (χ3n) is 2.30. The van der Waals surface area contributed by atoms with Crippen molar-refractivity contribution in [2.24, 2.45) is 10.7 Å². The van der Waals surface area contributed by atoms with E-state index in [9.17, 15) is 0 Å². The molecule has 1 rings (SSSR count). The van der Waals surface area contributed by atoms with Crippen LogP contribution in [-0.2, 0) is 6.54 Å². The molecule has 0 heterocycles. The number of halogens is 1. The first-order chi connectivity index (χ1) is 7.99. The van der Waals surface area contributed by atoms with E-state index in [0.29, 0.717) is 19.0 Å². The van der Waals surface area contributed by atoms with Crippen molar-refractivity contribution < 1.29 is 0 Å². The van der Waals surface area contributed by atoms with Gasteiger partial charge in [-0.05, 0) is 37.1 Å². The number of aryl methyl sites for hydroxylation is 1. The molecule has 3 N–H and O–H groups in total. The molecule has 0 bridgehead atoms. The zero-order valence-corrected chi connectivity index (χ0v) is 11.8. The van der Waals surface area contributed by atoms with Crippen LogP contribution in [0.25, 0.3) is 0 Å². The van der Waals surface area contributed by atoms with E-state index < -0.39 is 0 Å². The Morgan fingerprint density at radius 3 is 2.82 bits per heavy atom. The largest absolute Gasteiger partial charge is 0.370 e. The van der Waals surface area contributed by atoms with Crippen LogP contribution in [-0.4, -0.2) is 12.5 Å². The molecule has 0 aliphatic rings. The second kappa shape index (κ2) is 6.45. The van der Waals surface area contributed by atoms with Crippen molar-refractivity contribution in [2.75, 3.05) is 6.54 Å². The van der Waals surface area contributed by atoms with Crippen LogP contribution in [0, 0.1) is 6.92 Å². The van der Waals surface area contributed by atoms with Crippen LogP contribution in [0.2, 0.25) is 0 Å². The van der Waals surface area contributed by atoms with Gasteiger partial charge in [-0.3, -0.25) is 0 Å². The molecule has 0 aliphatic carbocycles. The maximum absolute atomic E-state index is 5.74. The number of nitrogens with two attached hydrogens (primary N) is 1. The smallest absolute Gasteiger partial charge is 0.189 e. The minimum Gasteiger partial charge on any atom is -0.370 e. The van der Waals surface area contributed by atoms with Crippen LogP contribution in [0.15, 0.2) is 39.8 Å². The number of benzene rings is 1. The van der Waals surface area contributed by atoms with Crippen molar-refractivity contribution in [1.82, 2.24) is 5.32 Å². The van der Waals surface area contributed by atoms with E-state index in [1.807, 2.05) is 13.0 Å². The number of nitrogens with one attached hydrogen (secondary N) is 1. The van der Waals surface area contributed by atoms with Gasteiger partial charge < -0.3 is 11.1 Å². The van der Waals surface area contributed by atoms with Gasteiger partial charge in [-0.25, -0.2) is 4.99 Å². The van der Waals surface area contributed by atoms with Gasteiger partial charge in [0.25, 0.3) is 0 Å². The van der Waals surface area contributed by atoms with E-state index in [-0.39, 0.29) is 0 Å². The fourth-order valence-corrected chi connectivity index (χ4v) is 1.78. The summed E-state index contributed by atoms with van der Waals surface area (Å²) in [7, 11) is 0. The number of hydrogen-bond donors (Lipinski definition) is 2. The summed E-state index contributed by atoms with van der Waals surface area (Å²) in [6, 6.07) is 6.13. The lowest BCUT2D eigenvalue weighted by Crippen LogP contribution is -2.32. The number of aliphatic imine (C=N–C) groups is 1. The van der Waals surface area contributed by atoms with Gasteiger partial charge in [0.2, 0.25) is 0 Å². The molecular formula is C13H18BrN3. The fraction of sp³-hybridized carbons (Fsp3) is 0.308. The van der Waals surface area contributed by atoms with Gasteiger partial charge in [0.1, 0.15) is 0 Å². The second-order valence-electron chi connectivity index (χ2n) is 4.08. The molecular weight excluding hydrogens is 278 g/mol. The van der Waals surface area contributed by atoms with E-state index >= 15 is 0 Å². The molecule has 92 valence electrons. The fourth-order valence-electron chi connectivity index (χ4n) is 1.30. The van der Waals surface area contributed by atoms with Crippen LogP contribution >= 0.6 is 15.9 Å². The van der Waals surface area contributed by atoms with Crippen LogP contribution < -0.4 is 11.1 Å². The average molecular weight is 296 g/mol. The highest BCUT2D eigenvalue weighted by Crippen LogP contribution is 2.16. The Morgan fingerprint density at radius 2 is 2.24 bits per heavy atom. The highest BCUT2D eigenvalue weighted by molar-refractivity contribution is 9.10. The summed E-state index contributed by atoms with van der Waals surface area (Å²) in [4.78, 5) is 4.28. The average Bonchev–Trinajstić information content (AvgIpc) is 2.25. The predicted octanol–water partition coefficient (Wildman–Crippen LogP) is 2.74. The quantitative estimate of drug-likeness (QED) is 0.510. The molecule has 0 aliphatic heterocycles. The van der Waals surface area contributed by atoms with Gasteiger partial charge in [-0.1, -0.05) is 34.1 Å². The van der Waals surface area contributed by atoms with Gasteiger partial charge in [0.05, 0.1) is 6.54 Å². The molecule has 17 heavy (non-hydrogen) atoms. The lowest BCUT2D eigenvalue weighted by Gasteiger charge is -2.06. The van der Waals surface area contributed by atoms with E-state index in [2.05, 4.69) is 51.9 Å². The first-order valence-corrected chi connectivity index (χ1v) is 6.21. The molecule has 0 unspecified atom stereocenters. The van der Waals surface area contributed by atoms with Crippen molar-refractivity contribution in [2.45, 2.75) is 20.4 Å². The summed E-state index contributed by atoms with van der Waals surface area (Å²) in [5.41, 5.74) is 9.15. The standard InChI is InChI=1S/C13H18BrN3/c1-9(2)7-16-13(15)17-8-11-4-5-12(14)6-10(11)3/h4-6H,1,7-8H2,2-3H3,(H3,15,16,17). The third kappa shape index (κ3) is 5.04. The van der Waals surface area contributed by atoms with E-state index in [1.54, 1.807) is 0 Å². The lowest BCUT2D eigenvalue weighted by atomic mass is 10.1. The molecule has 0 saturated carbocycles. The molecule has 4 heteroatoms. The zero-order chi connectivity index (χ0) is 12.8. The van der Waals surface area contributed by atoms with E-state index in [1.165, 1.54) is 11.1 Å². The monoisotopic (exact) mass is 295 g/mol. The van der Waals surface area contributed by atoms with E-state index in [4.69, 9.17) is 5.73 Å². The highest BCUT2D eigenvalue weighted by Gasteiger charge is 1.98. The molecule has 0 atom stereocenters. The summed E-state index contributed by atoms with van der Waals surface area (Å²) in [5.74, 6) is 0.454.